The molecule has 4 heteroatoms. The normalized spacial score (nSPS) is 10.4. The zero-order valence-corrected chi connectivity index (χ0v) is 11.8. The summed E-state index contributed by atoms with van der Waals surface area (Å²) in [6.07, 6.45) is 1.72. The number of nitrogens with zero attached hydrogens (tertiary/aromatic N) is 2. The molecular weight excluding hydrogens is 292 g/mol. The van der Waals surface area contributed by atoms with Gasteiger partial charge in [0.2, 0.25) is 0 Å². The van der Waals surface area contributed by atoms with Crippen LogP contribution in [0.5, 0.6) is 0 Å². The Balaban J connectivity index is 2.11. The minimum atomic E-state index is 0.0433. The Morgan fingerprint density at radius 2 is 1.89 bits per heavy atom. The van der Waals surface area contributed by atoms with Gasteiger partial charge in [-0.15, -0.1) is 0 Å². The van der Waals surface area contributed by atoms with Crippen LogP contribution in [0.15, 0.2) is 47.1 Å². The second-order valence-electron chi connectivity index (χ2n) is 4.16. The van der Waals surface area contributed by atoms with Crippen molar-refractivity contribution in [2.45, 2.75) is 13.2 Å². The molecule has 0 bridgehead atoms. The topological polar surface area (TPSA) is 36.4 Å². The van der Waals surface area contributed by atoms with E-state index >= 15 is 0 Å². The molecule has 1 aromatic carbocycles. The van der Waals surface area contributed by atoms with Gasteiger partial charge in [-0.25, -0.2) is 4.98 Å². The van der Waals surface area contributed by atoms with E-state index < -0.39 is 0 Å². The minimum absolute atomic E-state index is 0.0433. The van der Waals surface area contributed by atoms with E-state index in [0.717, 1.165) is 22.4 Å². The first-order chi connectivity index (χ1) is 8.69. The summed E-state index contributed by atoms with van der Waals surface area (Å²) in [5, 5.41) is 9.11. The Bertz CT molecular complexity index is 513. The van der Waals surface area contributed by atoms with Gasteiger partial charge in [-0.05, 0) is 35.4 Å². The second-order valence-corrected chi connectivity index (χ2v) is 5.08. The highest BCUT2D eigenvalue weighted by molar-refractivity contribution is 9.10. The number of anilines is 1. The first-order valence-corrected chi connectivity index (χ1v) is 6.49. The molecule has 18 heavy (non-hydrogen) atoms. The lowest BCUT2D eigenvalue weighted by molar-refractivity contribution is 0.281. The maximum atomic E-state index is 9.11. The number of aliphatic hydroxyl groups is 1. The fourth-order valence-corrected chi connectivity index (χ4v) is 1.98. The molecule has 1 aromatic heterocycles. The molecular formula is C14H15BrN2O. The summed E-state index contributed by atoms with van der Waals surface area (Å²) in [5.74, 6) is 0.865. The van der Waals surface area contributed by atoms with Gasteiger partial charge >= 0.3 is 0 Å². The van der Waals surface area contributed by atoms with Gasteiger partial charge < -0.3 is 10.0 Å². The van der Waals surface area contributed by atoms with Gasteiger partial charge in [0.25, 0.3) is 0 Å². The van der Waals surface area contributed by atoms with Crippen molar-refractivity contribution in [1.82, 2.24) is 4.98 Å². The highest BCUT2D eigenvalue weighted by Gasteiger charge is 2.04. The summed E-state index contributed by atoms with van der Waals surface area (Å²) in [7, 11) is 1.99. The van der Waals surface area contributed by atoms with Gasteiger partial charge in [0, 0.05) is 24.3 Å². The third-order valence-corrected chi connectivity index (χ3v) is 3.25. The molecule has 0 atom stereocenters. The van der Waals surface area contributed by atoms with Crippen LogP contribution in [-0.4, -0.2) is 17.1 Å². The van der Waals surface area contributed by atoms with Crippen molar-refractivity contribution in [2.24, 2.45) is 0 Å². The molecule has 0 amide bonds. The van der Waals surface area contributed by atoms with Crippen molar-refractivity contribution in [3.05, 3.63) is 58.2 Å². The molecule has 0 fully saturated rings. The molecule has 2 rings (SSSR count). The summed E-state index contributed by atoms with van der Waals surface area (Å²) in [6.45, 7) is 0.830. The third kappa shape index (κ3) is 3.31. The Morgan fingerprint density at radius 1 is 1.17 bits per heavy atom. The van der Waals surface area contributed by atoms with E-state index in [1.807, 2.05) is 31.3 Å². The van der Waals surface area contributed by atoms with E-state index in [-0.39, 0.29) is 6.61 Å². The van der Waals surface area contributed by atoms with Gasteiger partial charge in [-0.2, -0.15) is 0 Å². The largest absolute Gasteiger partial charge is 0.392 e. The molecule has 0 unspecified atom stereocenters. The first kappa shape index (κ1) is 13.1. The van der Waals surface area contributed by atoms with Gasteiger partial charge in [-0.3, -0.25) is 0 Å². The predicted octanol–water partition coefficient (Wildman–Crippen LogP) is 2.97. The number of aromatic nitrogens is 1. The molecule has 0 aliphatic heterocycles. The average molecular weight is 307 g/mol. The van der Waals surface area contributed by atoms with Crippen LogP contribution in [0.3, 0.4) is 0 Å². The molecule has 0 aliphatic carbocycles. The van der Waals surface area contributed by atoms with Crippen molar-refractivity contribution in [1.29, 1.82) is 0 Å². The molecule has 0 spiro atoms. The molecule has 0 aliphatic rings. The number of hydrogen-bond acceptors (Lipinski definition) is 3. The van der Waals surface area contributed by atoms with Crippen molar-refractivity contribution in [2.75, 3.05) is 11.9 Å². The van der Waals surface area contributed by atoms with E-state index in [1.165, 1.54) is 5.56 Å². The summed E-state index contributed by atoms with van der Waals surface area (Å²) in [4.78, 5) is 6.36. The second kappa shape index (κ2) is 5.98. The van der Waals surface area contributed by atoms with Crippen molar-refractivity contribution < 1.29 is 5.11 Å². The SMILES string of the molecule is CN(Cc1ccc(Br)cc1)c1cc(CO)ccn1. The van der Waals surface area contributed by atoms with Gasteiger partial charge in [-0.1, -0.05) is 28.1 Å². The predicted molar refractivity (Wildman–Crippen MR) is 76.4 cm³/mol. The summed E-state index contributed by atoms with van der Waals surface area (Å²) < 4.78 is 1.08. The number of rotatable bonds is 4. The fraction of sp³-hybridized carbons (Fsp3) is 0.214. The van der Waals surface area contributed by atoms with Crippen LogP contribution in [-0.2, 0) is 13.2 Å². The zero-order valence-electron chi connectivity index (χ0n) is 10.2. The molecule has 94 valence electrons. The Morgan fingerprint density at radius 3 is 2.56 bits per heavy atom. The van der Waals surface area contributed by atoms with Crippen LogP contribution in [0.2, 0.25) is 0 Å². The number of hydrogen-bond donors (Lipinski definition) is 1. The molecule has 0 saturated carbocycles. The molecule has 0 radical (unpaired) electrons. The van der Waals surface area contributed by atoms with Crippen LogP contribution < -0.4 is 4.90 Å². The third-order valence-electron chi connectivity index (χ3n) is 2.72. The highest BCUT2D eigenvalue weighted by Crippen LogP contribution is 2.16. The van der Waals surface area contributed by atoms with Crippen LogP contribution in [0.25, 0.3) is 0 Å². The average Bonchev–Trinajstić information content (AvgIpc) is 2.41. The van der Waals surface area contributed by atoms with E-state index in [2.05, 4.69) is 37.9 Å². The van der Waals surface area contributed by atoms with E-state index in [1.54, 1.807) is 6.20 Å². The molecule has 2 aromatic rings. The summed E-state index contributed by atoms with van der Waals surface area (Å²) in [6, 6.07) is 11.9. The Kier molecular flexibility index (Phi) is 4.33. The minimum Gasteiger partial charge on any atom is -0.392 e. The fourth-order valence-electron chi connectivity index (χ4n) is 1.71. The smallest absolute Gasteiger partial charge is 0.128 e. The number of aliphatic hydroxyl groups excluding tert-OH is 1. The lowest BCUT2D eigenvalue weighted by Crippen LogP contribution is -2.17. The Labute approximate surface area is 115 Å². The number of halogens is 1. The molecule has 0 saturated heterocycles. The standard InChI is InChI=1S/C14H15BrN2O/c1-17(9-11-2-4-13(15)5-3-11)14-8-12(10-18)6-7-16-14/h2-8,18H,9-10H2,1H3. The summed E-state index contributed by atoms with van der Waals surface area (Å²) in [5.41, 5.74) is 2.10. The lowest BCUT2D eigenvalue weighted by Gasteiger charge is -2.18. The molecule has 1 heterocycles. The Hall–Kier alpha value is -1.39. The first-order valence-electron chi connectivity index (χ1n) is 5.70. The van der Waals surface area contributed by atoms with Crippen LogP contribution in [0.1, 0.15) is 11.1 Å². The number of benzene rings is 1. The van der Waals surface area contributed by atoms with E-state index in [4.69, 9.17) is 5.11 Å². The highest BCUT2D eigenvalue weighted by atomic mass is 79.9. The van der Waals surface area contributed by atoms with Crippen LogP contribution in [0, 0.1) is 0 Å². The monoisotopic (exact) mass is 306 g/mol. The van der Waals surface area contributed by atoms with Crippen LogP contribution in [0.4, 0.5) is 5.82 Å². The van der Waals surface area contributed by atoms with Crippen molar-refractivity contribution >= 4 is 21.7 Å². The zero-order chi connectivity index (χ0) is 13.0. The lowest BCUT2D eigenvalue weighted by atomic mass is 10.2. The van der Waals surface area contributed by atoms with E-state index in [0.29, 0.717) is 0 Å². The van der Waals surface area contributed by atoms with Crippen molar-refractivity contribution in [3.63, 3.8) is 0 Å². The van der Waals surface area contributed by atoms with Gasteiger partial charge in [0.1, 0.15) is 5.82 Å². The maximum absolute atomic E-state index is 9.11. The number of pyridine rings is 1. The van der Waals surface area contributed by atoms with Gasteiger partial charge in [0.05, 0.1) is 6.61 Å². The molecule has 3 nitrogen and oxygen atoms in total. The maximum Gasteiger partial charge on any atom is 0.128 e. The van der Waals surface area contributed by atoms with Crippen LogP contribution >= 0.6 is 15.9 Å². The van der Waals surface area contributed by atoms with Crippen molar-refractivity contribution in [3.8, 4) is 0 Å². The van der Waals surface area contributed by atoms with E-state index in [9.17, 15) is 0 Å². The molecule has 1 N–H and O–H groups in total. The quantitative estimate of drug-likeness (QED) is 0.943. The summed E-state index contributed by atoms with van der Waals surface area (Å²) >= 11 is 3.42. The van der Waals surface area contributed by atoms with Gasteiger partial charge in [0.15, 0.2) is 0 Å².